The number of phenolic OH excluding ortho intramolecular Hbond substituents is 1. The molecule has 0 radical (unpaired) electrons. The Morgan fingerprint density at radius 3 is 2.39 bits per heavy atom. The summed E-state index contributed by atoms with van der Waals surface area (Å²) in [7, 11) is 0. The van der Waals surface area contributed by atoms with E-state index < -0.39 is 5.97 Å². The number of anilines is 1. The van der Waals surface area contributed by atoms with Crippen LogP contribution >= 0.6 is 11.6 Å². The number of aromatic amines is 1. The van der Waals surface area contributed by atoms with E-state index >= 15 is 0 Å². The van der Waals surface area contributed by atoms with Gasteiger partial charge in [-0.3, -0.25) is 9.89 Å². The van der Waals surface area contributed by atoms with Gasteiger partial charge in [0, 0.05) is 16.5 Å². The molecule has 0 bridgehead atoms. The second-order valence-electron chi connectivity index (χ2n) is 6.29. The third kappa shape index (κ3) is 3.37. The molecule has 3 aromatic carbocycles. The van der Waals surface area contributed by atoms with Gasteiger partial charge in [-0.05, 0) is 29.3 Å². The molecule has 140 valence electrons. The van der Waals surface area contributed by atoms with Gasteiger partial charge in [0.2, 0.25) is 0 Å². The number of aromatic hydroxyl groups is 1. The standard InChI is InChI=1S/C21H16ClN3O3/c22-17-10-18-16(21(25-24-18)23-11-20(27)28)9-15(17)13-7-5-12(6-8-13)14-3-1-2-4-19(14)26/h1-10,26H,11H2,(H,27,28)(H2,23,24,25). The lowest BCUT2D eigenvalue weighted by molar-refractivity contribution is -0.134. The Kier molecular flexibility index (Phi) is 4.63. The zero-order chi connectivity index (χ0) is 19.7. The smallest absolute Gasteiger partial charge is 0.322 e. The van der Waals surface area contributed by atoms with Gasteiger partial charge in [-0.25, -0.2) is 0 Å². The lowest BCUT2D eigenvalue weighted by atomic mass is 9.99. The minimum absolute atomic E-state index is 0.224. The number of fused-ring (bicyclic) bond motifs is 1. The maximum atomic E-state index is 10.8. The summed E-state index contributed by atoms with van der Waals surface area (Å²) in [4.78, 5) is 10.8. The van der Waals surface area contributed by atoms with Crippen molar-refractivity contribution in [3.8, 4) is 28.0 Å². The van der Waals surface area contributed by atoms with Crippen LogP contribution in [0.4, 0.5) is 5.82 Å². The Morgan fingerprint density at radius 2 is 1.71 bits per heavy atom. The largest absolute Gasteiger partial charge is 0.507 e. The zero-order valence-electron chi connectivity index (χ0n) is 14.6. The average Bonchev–Trinajstić information content (AvgIpc) is 3.08. The fourth-order valence-corrected chi connectivity index (χ4v) is 3.37. The van der Waals surface area contributed by atoms with Crippen LogP contribution in [0.15, 0.2) is 60.7 Å². The van der Waals surface area contributed by atoms with Gasteiger partial charge in [0.25, 0.3) is 0 Å². The van der Waals surface area contributed by atoms with Gasteiger partial charge < -0.3 is 15.5 Å². The fraction of sp³-hybridized carbons (Fsp3) is 0.0476. The predicted octanol–water partition coefficient (Wildman–Crippen LogP) is 4.75. The number of nitrogens with one attached hydrogen (secondary N) is 2. The van der Waals surface area contributed by atoms with E-state index in [1.54, 1.807) is 18.2 Å². The Balaban J connectivity index is 1.72. The number of rotatable bonds is 5. The van der Waals surface area contributed by atoms with E-state index in [4.69, 9.17) is 16.7 Å². The quantitative estimate of drug-likeness (QED) is 0.392. The summed E-state index contributed by atoms with van der Waals surface area (Å²) in [5.41, 5.74) is 4.07. The van der Waals surface area contributed by atoms with Crippen LogP contribution < -0.4 is 5.32 Å². The van der Waals surface area contributed by atoms with Crippen molar-refractivity contribution in [3.63, 3.8) is 0 Å². The normalized spacial score (nSPS) is 10.9. The molecule has 28 heavy (non-hydrogen) atoms. The molecule has 4 N–H and O–H groups in total. The number of benzene rings is 3. The Bertz CT molecular complexity index is 1170. The summed E-state index contributed by atoms with van der Waals surface area (Å²) in [6.45, 7) is -0.229. The summed E-state index contributed by atoms with van der Waals surface area (Å²) in [5, 5.41) is 30.0. The molecule has 4 aromatic rings. The maximum Gasteiger partial charge on any atom is 0.322 e. The van der Waals surface area contributed by atoms with Crippen LogP contribution in [-0.2, 0) is 4.79 Å². The fourth-order valence-electron chi connectivity index (χ4n) is 3.10. The predicted molar refractivity (Wildman–Crippen MR) is 110 cm³/mol. The maximum absolute atomic E-state index is 10.8. The summed E-state index contributed by atoms with van der Waals surface area (Å²) < 4.78 is 0. The molecule has 0 unspecified atom stereocenters. The molecule has 0 amide bonds. The molecule has 0 fully saturated rings. The minimum atomic E-state index is -0.968. The molecule has 7 heteroatoms. The van der Waals surface area contributed by atoms with Crippen LogP contribution in [0, 0.1) is 0 Å². The Labute approximate surface area is 165 Å². The summed E-state index contributed by atoms with van der Waals surface area (Å²) in [6, 6.07) is 18.5. The summed E-state index contributed by atoms with van der Waals surface area (Å²) in [6.07, 6.45) is 0. The molecular weight excluding hydrogens is 378 g/mol. The first-order valence-corrected chi connectivity index (χ1v) is 8.93. The number of phenols is 1. The van der Waals surface area contributed by atoms with Crippen molar-refractivity contribution >= 4 is 34.3 Å². The molecule has 0 aliphatic rings. The number of hydrogen-bond acceptors (Lipinski definition) is 4. The van der Waals surface area contributed by atoms with Crippen LogP contribution in [0.3, 0.4) is 0 Å². The van der Waals surface area contributed by atoms with Crippen molar-refractivity contribution in [2.45, 2.75) is 0 Å². The highest BCUT2D eigenvalue weighted by Crippen LogP contribution is 2.36. The van der Waals surface area contributed by atoms with E-state index in [1.165, 1.54) is 0 Å². The molecular formula is C21H16ClN3O3. The van der Waals surface area contributed by atoms with Crippen molar-refractivity contribution in [1.29, 1.82) is 0 Å². The molecule has 1 heterocycles. The first-order valence-electron chi connectivity index (χ1n) is 8.55. The van der Waals surface area contributed by atoms with Gasteiger partial charge in [-0.2, -0.15) is 5.10 Å². The SMILES string of the molecule is O=C(O)CNc1n[nH]c2cc(Cl)c(-c3ccc(-c4ccccc4O)cc3)cc12. The van der Waals surface area contributed by atoms with Gasteiger partial charge in [0.1, 0.15) is 12.3 Å². The number of nitrogens with zero attached hydrogens (tertiary/aromatic N) is 1. The minimum Gasteiger partial charge on any atom is -0.507 e. The van der Waals surface area contributed by atoms with Crippen LogP contribution in [0.1, 0.15) is 0 Å². The van der Waals surface area contributed by atoms with E-state index in [-0.39, 0.29) is 12.3 Å². The van der Waals surface area contributed by atoms with Gasteiger partial charge in [0.15, 0.2) is 5.82 Å². The second-order valence-corrected chi connectivity index (χ2v) is 6.70. The molecule has 0 saturated carbocycles. The van der Waals surface area contributed by atoms with Gasteiger partial charge in [-0.15, -0.1) is 0 Å². The van der Waals surface area contributed by atoms with E-state index in [2.05, 4.69) is 15.5 Å². The lowest BCUT2D eigenvalue weighted by Gasteiger charge is -2.09. The molecule has 0 atom stereocenters. The van der Waals surface area contributed by atoms with E-state index in [1.807, 2.05) is 42.5 Å². The van der Waals surface area contributed by atoms with Crippen molar-refractivity contribution in [1.82, 2.24) is 10.2 Å². The number of aliphatic carboxylic acids is 1. The molecule has 0 saturated heterocycles. The first-order chi connectivity index (χ1) is 13.5. The topological polar surface area (TPSA) is 98.2 Å². The second kappa shape index (κ2) is 7.25. The van der Waals surface area contributed by atoms with Crippen molar-refractivity contribution < 1.29 is 15.0 Å². The van der Waals surface area contributed by atoms with E-state index in [0.29, 0.717) is 16.4 Å². The summed E-state index contributed by atoms with van der Waals surface area (Å²) in [5.74, 6) is -0.284. The Hall–Kier alpha value is -3.51. The number of hydrogen-bond donors (Lipinski definition) is 4. The molecule has 0 aliphatic heterocycles. The zero-order valence-corrected chi connectivity index (χ0v) is 15.4. The number of H-pyrrole nitrogens is 1. The highest BCUT2D eigenvalue weighted by molar-refractivity contribution is 6.34. The molecule has 6 nitrogen and oxygen atoms in total. The number of carboxylic acids is 1. The average molecular weight is 394 g/mol. The third-order valence-electron chi connectivity index (χ3n) is 4.47. The molecule has 1 aromatic heterocycles. The molecule has 0 spiro atoms. The van der Waals surface area contributed by atoms with Crippen LogP contribution in [0.25, 0.3) is 33.2 Å². The summed E-state index contributed by atoms with van der Waals surface area (Å²) >= 11 is 6.45. The molecule has 0 aliphatic carbocycles. The number of para-hydroxylation sites is 1. The van der Waals surface area contributed by atoms with Gasteiger partial charge >= 0.3 is 5.97 Å². The number of aromatic nitrogens is 2. The van der Waals surface area contributed by atoms with Crippen LogP contribution in [0.2, 0.25) is 5.02 Å². The highest BCUT2D eigenvalue weighted by Gasteiger charge is 2.12. The van der Waals surface area contributed by atoms with Crippen LogP contribution in [0.5, 0.6) is 5.75 Å². The monoisotopic (exact) mass is 393 g/mol. The van der Waals surface area contributed by atoms with Crippen molar-refractivity contribution in [2.24, 2.45) is 0 Å². The van der Waals surface area contributed by atoms with E-state index in [9.17, 15) is 9.90 Å². The number of carbonyl (C=O) groups is 1. The lowest BCUT2D eigenvalue weighted by Crippen LogP contribution is -2.12. The molecule has 4 rings (SSSR count). The Morgan fingerprint density at radius 1 is 1.04 bits per heavy atom. The highest BCUT2D eigenvalue weighted by atomic mass is 35.5. The first kappa shape index (κ1) is 17.9. The van der Waals surface area contributed by atoms with Crippen molar-refractivity contribution in [3.05, 3.63) is 65.7 Å². The van der Waals surface area contributed by atoms with Gasteiger partial charge in [-0.1, -0.05) is 54.1 Å². The van der Waals surface area contributed by atoms with Gasteiger partial charge in [0.05, 0.1) is 10.5 Å². The van der Waals surface area contributed by atoms with Crippen LogP contribution in [-0.4, -0.2) is 32.9 Å². The third-order valence-corrected chi connectivity index (χ3v) is 4.78. The number of carboxylic acid groups (broad SMARTS) is 1. The van der Waals surface area contributed by atoms with E-state index in [0.717, 1.165) is 27.6 Å². The number of halogens is 1. The van der Waals surface area contributed by atoms with Crippen molar-refractivity contribution in [2.75, 3.05) is 11.9 Å².